The third-order valence-electron chi connectivity index (χ3n) is 3.02. The number of hydrogen-bond acceptors (Lipinski definition) is 3. The van der Waals surface area contributed by atoms with Crippen LogP contribution in [0.3, 0.4) is 0 Å². The van der Waals surface area contributed by atoms with Gasteiger partial charge in [-0.1, -0.05) is 18.2 Å². The fourth-order valence-corrected chi connectivity index (χ4v) is 1.89. The number of nitrogens with zero attached hydrogens (tertiary/aromatic N) is 1. The largest absolute Gasteiger partial charge is 0.489 e. The van der Waals surface area contributed by atoms with E-state index in [1.165, 1.54) is 0 Å². The van der Waals surface area contributed by atoms with Gasteiger partial charge in [-0.3, -0.25) is 0 Å². The highest BCUT2D eigenvalue weighted by Gasteiger charge is 2.06. The predicted octanol–water partition coefficient (Wildman–Crippen LogP) is 2.97. The smallest absolute Gasteiger partial charge is 0.191 e. The molecule has 0 spiro atoms. The molecule has 1 unspecified atom stereocenters. The van der Waals surface area contributed by atoms with Crippen molar-refractivity contribution in [3.63, 3.8) is 0 Å². The van der Waals surface area contributed by atoms with Gasteiger partial charge in [0.2, 0.25) is 0 Å². The molecule has 0 saturated carbocycles. The van der Waals surface area contributed by atoms with Crippen molar-refractivity contribution in [3.05, 3.63) is 29.8 Å². The van der Waals surface area contributed by atoms with E-state index in [1.54, 1.807) is 0 Å². The molecule has 0 aliphatic heterocycles. The summed E-state index contributed by atoms with van der Waals surface area (Å²) in [4.78, 5) is 4.55. The third kappa shape index (κ3) is 9.65. The van der Waals surface area contributed by atoms with Gasteiger partial charge in [-0.25, -0.2) is 4.99 Å². The van der Waals surface area contributed by atoms with Crippen LogP contribution >= 0.6 is 24.0 Å². The van der Waals surface area contributed by atoms with Crippen LogP contribution in [0.4, 0.5) is 0 Å². The number of aliphatic imine (C=N–C) groups is 1. The second-order valence-electron chi connectivity index (χ2n) is 5.04. The normalized spacial score (nSPS) is 12.3. The monoisotopic (exact) mass is 435 g/mol. The van der Waals surface area contributed by atoms with E-state index in [0.29, 0.717) is 13.2 Å². The Kier molecular flexibility index (Phi) is 12.8. The van der Waals surface area contributed by atoms with Crippen LogP contribution in [-0.2, 0) is 4.74 Å². The summed E-state index contributed by atoms with van der Waals surface area (Å²) in [5.41, 5.74) is 1.14. The van der Waals surface area contributed by atoms with Crippen molar-refractivity contribution < 1.29 is 9.47 Å². The summed E-state index contributed by atoms with van der Waals surface area (Å²) >= 11 is 0. The standard InChI is InChI=1S/C17H29N3O2.HI/c1-5-18-17(19-11-12-21-6-2)20-13-15(4)22-16-10-8-7-9-14(16)3;/h7-10,15H,5-6,11-13H2,1-4H3,(H2,18,19,20);1H. The van der Waals surface area contributed by atoms with Crippen LogP contribution < -0.4 is 15.4 Å². The van der Waals surface area contributed by atoms with Crippen LogP contribution in [0.15, 0.2) is 29.3 Å². The number of benzene rings is 1. The van der Waals surface area contributed by atoms with Crippen molar-refractivity contribution in [1.82, 2.24) is 10.6 Å². The molecule has 0 aliphatic rings. The summed E-state index contributed by atoms with van der Waals surface area (Å²) in [5, 5.41) is 6.46. The summed E-state index contributed by atoms with van der Waals surface area (Å²) in [6.07, 6.45) is 0.0171. The van der Waals surface area contributed by atoms with Gasteiger partial charge in [0.15, 0.2) is 5.96 Å². The highest BCUT2D eigenvalue weighted by Crippen LogP contribution is 2.17. The van der Waals surface area contributed by atoms with Crippen LogP contribution in [-0.4, -0.2) is 44.9 Å². The van der Waals surface area contributed by atoms with Crippen molar-refractivity contribution in [1.29, 1.82) is 0 Å². The van der Waals surface area contributed by atoms with Crippen molar-refractivity contribution in [2.75, 3.05) is 32.8 Å². The molecule has 5 nitrogen and oxygen atoms in total. The molecular weight excluding hydrogens is 405 g/mol. The fourth-order valence-electron chi connectivity index (χ4n) is 1.89. The molecule has 0 bridgehead atoms. The van der Waals surface area contributed by atoms with Crippen molar-refractivity contribution in [3.8, 4) is 5.75 Å². The maximum absolute atomic E-state index is 5.93. The van der Waals surface area contributed by atoms with Crippen LogP contribution in [0, 0.1) is 6.92 Å². The van der Waals surface area contributed by atoms with Gasteiger partial charge in [-0.2, -0.15) is 0 Å². The Bertz CT molecular complexity index is 455. The Morgan fingerprint density at radius 2 is 1.96 bits per heavy atom. The second kappa shape index (κ2) is 13.4. The number of aryl methyl sites for hydroxylation is 1. The van der Waals surface area contributed by atoms with E-state index in [2.05, 4.69) is 15.6 Å². The maximum Gasteiger partial charge on any atom is 0.191 e. The first-order valence-electron chi connectivity index (χ1n) is 7.99. The van der Waals surface area contributed by atoms with Gasteiger partial charge < -0.3 is 20.1 Å². The Morgan fingerprint density at radius 1 is 1.22 bits per heavy atom. The van der Waals surface area contributed by atoms with E-state index < -0.39 is 0 Å². The SMILES string of the molecule is CCNC(=NCC(C)Oc1ccccc1C)NCCOCC.I. The lowest BCUT2D eigenvalue weighted by Gasteiger charge is -2.16. The van der Waals surface area contributed by atoms with Gasteiger partial charge in [-0.05, 0) is 39.3 Å². The molecule has 6 heteroatoms. The minimum absolute atomic E-state index is 0. The zero-order valence-electron chi connectivity index (χ0n) is 14.6. The molecule has 0 amide bonds. The van der Waals surface area contributed by atoms with Gasteiger partial charge in [0.1, 0.15) is 11.9 Å². The van der Waals surface area contributed by atoms with Gasteiger partial charge in [0.05, 0.1) is 13.2 Å². The number of para-hydroxylation sites is 1. The van der Waals surface area contributed by atoms with Gasteiger partial charge in [0.25, 0.3) is 0 Å². The molecule has 1 aromatic rings. The van der Waals surface area contributed by atoms with E-state index in [1.807, 2.05) is 52.0 Å². The topological polar surface area (TPSA) is 54.9 Å². The summed E-state index contributed by atoms with van der Waals surface area (Å²) in [5.74, 6) is 1.71. The van der Waals surface area contributed by atoms with E-state index in [4.69, 9.17) is 9.47 Å². The molecule has 0 saturated heterocycles. The van der Waals surface area contributed by atoms with Crippen molar-refractivity contribution in [2.45, 2.75) is 33.8 Å². The highest BCUT2D eigenvalue weighted by atomic mass is 127. The first kappa shape index (κ1) is 22.0. The third-order valence-corrected chi connectivity index (χ3v) is 3.02. The Morgan fingerprint density at radius 3 is 2.61 bits per heavy atom. The Hall–Kier alpha value is -1.02. The first-order valence-corrected chi connectivity index (χ1v) is 7.99. The van der Waals surface area contributed by atoms with Crippen LogP contribution in [0.2, 0.25) is 0 Å². The molecule has 132 valence electrons. The lowest BCUT2D eigenvalue weighted by atomic mass is 10.2. The molecule has 0 aromatic heterocycles. The zero-order chi connectivity index (χ0) is 16.2. The quantitative estimate of drug-likeness (QED) is 0.271. The first-order chi connectivity index (χ1) is 10.7. The van der Waals surface area contributed by atoms with Gasteiger partial charge in [-0.15, -0.1) is 24.0 Å². The Labute approximate surface area is 157 Å². The number of hydrogen-bond donors (Lipinski definition) is 2. The van der Waals surface area contributed by atoms with Gasteiger partial charge >= 0.3 is 0 Å². The number of nitrogens with one attached hydrogen (secondary N) is 2. The maximum atomic E-state index is 5.93. The average molecular weight is 435 g/mol. The van der Waals surface area contributed by atoms with E-state index >= 15 is 0 Å². The number of rotatable bonds is 9. The summed E-state index contributed by atoms with van der Waals surface area (Å²) in [6, 6.07) is 8.03. The minimum Gasteiger partial charge on any atom is -0.489 e. The predicted molar refractivity (Wildman–Crippen MR) is 107 cm³/mol. The van der Waals surface area contributed by atoms with Crippen LogP contribution in [0.5, 0.6) is 5.75 Å². The summed E-state index contributed by atoms with van der Waals surface area (Å²) in [6.45, 7) is 11.7. The highest BCUT2D eigenvalue weighted by molar-refractivity contribution is 14.0. The molecule has 0 fully saturated rings. The molecule has 1 atom stereocenters. The average Bonchev–Trinajstić information content (AvgIpc) is 2.51. The summed E-state index contributed by atoms with van der Waals surface area (Å²) in [7, 11) is 0. The number of guanidine groups is 1. The van der Waals surface area contributed by atoms with Crippen molar-refractivity contribution in [2.24, 2.45) is 4.99 Å². The zero-order valence-corrected chi connectivity index (χ0v) is 16.9. The second-order valence-corrected chi connectivity index (χ2v) is 5.04. The van der Waals surface area contributed by atoms with E-state index in [-0.39, 0.29) is 30.1 Å². The molecule has 0 radical (unpaired) electrons. The fraction of sp³-hybridized carbons (Fsp3) is 0.588. The Balaban J connectivity index is 0.00000484. The number of ether oxygens (including phenoxy) is 2. The summed E-state index contributed by atoms with van der Waals surface area (Å²) < 4.78 is 11.2. The van der Waals surface area contributed by atoms with Gasteiger partial charge in [0, 0.05) is 19.7 Å². The van der Waals surface area contributed by atoms with E-state index in [0.717, 1.165) is 37.0 Å². The van der Waals surface area contributed by atoms with E-state index in [9.17, 15) is 0 Å². The minimum atomic E-state index is 0. The number of halogens is 1. The molecule has 1 aromatic carbocycles. The molecule has 0 aliphatic carbocycles. The molecule has 2 N–H and O–H groups in total. The lowest BCUT2D eigenvalue weighted by molar-refractivity contribution is 0.152. The van der Waals surface area contributed by atoms with Crippen LogP contribution in [0.25, 0.3) is 0 Å². The molecule has 1 rings (SSSR count). The lowest BCUT2D eigenvalue weighted by Crippen LogP contribution is -2.39. The molecular formula is C17H30IN3O2. The molecule has 23 heavy (non-hydrogen) atoms. The van der Waals surface area contributed by atoms with Crippen molar-refractivity contribution >= 4 is 29.9 Å². The molecule has 0 heterocycles. The van der Waals surface area contributed by atoms with Crippen LogP contribution in [0.1, 0.15) is 26.3 Å².